The fraction of sp³-hybridized carbons (Fsp3) is 0.0714. The number of hydrogen-bond acceptors (Lipinski definition) is 2. The van der Waals surface area contributed by atoms with Crippen LogP contribution in [0.3, 0.4) is 0 Å². The van der Waals surface area contributed by atoms with E-state index < -0.39 is 5.97 Å². The second-order valence-corrected chi connectivity index (χ2v) is 3.63. The molecule has 0 saturated heterocycles. The van der Waals surface area contributed by atoms with E-state index in [2.05, 4.69) is 0 Å². The molecule has 0 bridgehead atoms. The Labute approximate surface area is 111 Å². The second kappa shape index (κ2) is 6.67. The minimum atomic E-state index is -0.845. The van der Waals surface area contributed by atoms with Gasteiger partial charge in [-0.15, -0.1) is 12.4 Å². The van der Waals surface area contributed by atoms with Crippen molar-refractivity contribution in [2.24, 2.45) is 0 Å². The van der Waals surface area contributed by atoms with Crippen LogP contribution in [0, 0.1) is 0 Å². The molecular weight excluding hydrogens is 252 g/mol. The minimum Gasteiger partial charge on any atom is -0.481 e. The summed E-state index contributed by atoms with van der Waals surface area (Å²) in [5.74, 6) is 0.539. The Bertz CT molecular complexity index is 511. The maximum absolute atomic E-state index is 10.6. The molecule has 94 valence electrons. The Balaban J connectivity index is 0.00000162. The highest BCUT2D eigenvalue weighted by Gasteiger charge is 2.02. The molecule has 0 heterocycles. The number of benzene rings is 2. The summed E-state index contributed by atoms with van der Waals surface area (Å²) in [6.07, 6.45) is 0.00594. The highest BCUT2D eigenvalue weighted by molar-refractivity contribution is 5.85. The number of ether oxygens (including phenoxy) is 1. The zero-order valence-electron chi connectivity index (χ0n) is 9.58. The van der Waals surface area contributed by atoms with Crippen LogP contribution in [-0.2, 0) is 11.2 Å². The standard InChI is InChI=1S/C14H12O3.ClH/c15-14(16)10-11-5-4-8-13(9-11)17-12-6-2-1-3-7-12;/h1-9H,10H2,(H,15,16);1H. The van der Waals surface area contributed by atoms with E-state index in [1.54, 1.807) is 24.3 Å². The molecule has 4 heteroatoms. The summed E-state index contributed by atoms with van der Waals surface area (Å²) in [5, 5.41) is 8.71. The molecule has 0 fully saturated rings. The number of carboxylic acids is 1. The van der Waals surface area contributed by atoms with Crippen LogP contribution < -0.4 is 4.74 Å². The van der Waals surface area contributed by atoms with Gasteiger partial charge in [-0.05, 0) is 29.8 Å². The van der Waals surface area contributed by atoms with Gasteiger partial charge in [0.1, 0.15) is 11.5 Å². The highest BCUT2D eigenvalue weighted by Crippen LogP contribution is 2.21. The van der Waals surface area contributed by atoms with Crippen molar-refractivity contribution in [3.05, 3.63) is 60.2 Å². The summed E-state index contributed by atoms with van der Waals surface area (Å²) in [6, 6.07) is 16.5. The number of rotatable bonds is 4. The molecule has 0 aliphatic carbocycles. The molecule has 0 aliphatic rings. The monoisotopic (exact) mass is 264 g/mol. The zero-order chi connectivity index (χ0) is 12.1. The maximum atomic E-state index is 10.6. The Morgan fingerprint density at radius 2 is 1.67 bits per heavy atom. The van der Waals surface area contributed by atoms with Gasteiger partial charge in [-0.3, -0.25) is 4.79 Å². The Morgan fingerprint density at radius 3 is 2.33 bits per heavy atom. The fourth-order valence-electron chi connectivity index (χ4n) is 1.52. The molecule has 2 aromatic rings. The number of halogens is 1. The first-order chi connectivity index (χ1) is 8.24. The third-order valence-electron chi connectivity index (χ3n) is 2.23. The van der Waals surface area contributed by atoms with Crippen LogP contribution in [0.2, 0.25) is 0 Å². The average Bonchev–Trinajstić information content (AvgIpc) is 2.30. The first kappa shape index (κ1) is 14.1. The average molecular weight is 265 g/mol. The van der Waals surface area contributed by atoms with Crippen LogP contribution in [0.1, 0.15) is 5.56 Å². The number of carbonyl (C=O) groups is 1. The summed E-state index contributed by atoms with van der Waals surface area (Å²) in [5.41, 5.74) is 0.728. The minimum absolute atomic E-state index is 0. The summed E-state index contributed by atoms with van der Waals surface area (Å²) in [6.45, 7) is 0. The van der Waals surface area contributed by atoms with Crippen LogP contribution in [0.25, 0.3) is 0 Å². The van der Waals surface area contributed by atoms with Gasteiger partial charge >= 0.3 is 5.97 Å². The Hall–Kier alpha value is -2.00. The van der Waals surface area contributed by atoms with Crippen molar-refractivity contribution in [3.8, 4) is 11.5 Å². The summed E-state index contributed by atoms with van der Waals surface area (Å²) >= 11 is 0. The second-order valence-electron chi connectivity index (χ2n) is 3.63. The third-order valence-corrected chi connectivity index (χ3v) is 2.23. The zero-order valence-corrected chi connectivity index (χ0v) is 10.4. The normalized spacial score (nSPS) is 9.33. The van der Waals surface area contributed by atoms with E-state index >= 15 is 0 Å². The highest BCUT2D eigenvalue weighted by atomic mass is 35.5. The van der Waals surface area contributed by atoms with E-state index in [-0.39, 0.29) is 18.8 Å². The van der Waals surface area contributed by atoms with E-state index in [0.29, 0.717) is 5.75 Å². The molecule has 0 atom stereocenters. The van der Waals surface area contributed by atoms with Crippen molar-refractivity contribution >= 4 is 18.4 Å². The topological polar surface area (TPSA) is 46.5 Å². The molecule has 3 nitrogen and oxygen atoms in total. The Kier molecular flexibility index (Phi) is 5.21. The lowest BCUT2D eigenvalue weighted by molar-refractivity contribution is -0.136. The van der Waals surface area contributed by atoms with Gasteiger partial charge in [-0.1, -0.05) is 30.3 Å². The van der Waals surface area contributed by atoms with Gasteiger partial charge in [-0.25, -0.2) is 0 Å². The van der Waals surface area contributed by atoms with E-state index in [9.17, 15) is 4.79 Å². The van der Waals surface area contributed by atoms with E-state index in [1.807, 2.05) is 30.3 Å². The molecule has 0 saturated carbocycles. The van der Waals surface area contributed by atoms with Gasteiger partial charge in [0.15, 0.2) is 0 Å². The van der Waals surface area contributed by atoms with Gasteiger partial charge in [-0.2, -0.15) is 0 Å². The van der Waals surface area contributed by atoms with Crippen molar-refractivity contribution in [1.82, 2.24) is 0 Å². The van der Waals surface area contributed by atoms with Crippen LogP contribution in [-0.4, -0.2) is 11.1 Å². The van der Waals surface area contributed by atoms with E-state index in [4.69, 9.17) is 9.84 Å². The van der Waals surface area contributed by atoms with E-state index in [0.717, 1.165) is 11.3 Å². The van der Waals surface area contributed by atoms with Crippen molar-refractivity contribution < 1.29 is 14.6 Å². The summed E-state index contributed by atoms with van der Waals surface area (Å²) in [7, 11) is 0. The van der Waals surface area contributed by atoms with Crippen molar-refractivity contribution in [3.63, 3.8) is 0 Å². The van der Waals surface area contributed by atoms with Crippen LogP contribution in [0.4, 0.5) is 0 Å². The maximum Gasteiger partial charge on any atom is 0.307 e. The smallest absolute Gasteiger partial charge is 0.307 e. The van der Waals surface area contributed by atoms with Gasteiger partial charge in [0.2, 0.25) is 0 Å². The lowest BCUT2D eigenvalue weighted by Gasteiger charge is -2.06. The summed E-state index contributed by atoms with van der Waals surface area (Å²) in [4.78, 5) is 10.6. The SMILES string of the molecule is Cl.O=C(O)Cc1cccc(Oc2ccccc2)c1. The van der Waals surface area contributed by atoms with Gasteiger partial charge in [0, 0.05) is 0 Å². The lowest BCUT2D eigenvalue weighted by Crippen LogP contribution is -1.99. The molecule has 0 amide bonds. The van der Waals surface area contributed by atoms with Crippen molar-refractivity contribution in [1.29, 1.82) is 0 Å². The molecule has 1 N–H and O–H groups in total. The quantitative estimate of drug-likeness (QED) is 0.919. The van der Waals surface area contributed by atoms with Crippen LogP contribution >= 0.6 is 12.4 Å². The predicted octanol–water partition coefficient (Wildman–Crippen LogP) is 3.53. The number of aliphatic carboxylic acids is 1. The van der Waals surface area contributed by atoms with Crippen LogP contribution in [0.15, 0.2) is 54.6 Å². The molecule has 0 radical (unpaired) electrons. The van der Waals surface area contributed by atoms with Crippen LogP contribution in [0.5, 0.6) is 11.5 Å². The molecule has 2 rings (SSSR count). The molecule has 2 aromatic carbocycles. The largest absolute Gasteiger partial charge is 0.481 e. The third kappa shape index (κ3) is 4.11. The molecule has 18 heavy (non-hydrogen) atoms. The molecule has 0 unspecified atom stereocenters. The van der Waals surface area contributed by atoms with Gasteiger partial charge in [0.25, 0.3) is 0 Å². The predicted molar refractivity (Wildman–Crippen MR) is 71.5 cm³/mol. The van der Waals surface area contributed by atoms with Gasteiger partial charge < -0.3 is 9.84 Å². The molecule has 0 aromatic heterocycles. The van der Waals surface area contributed by atoms with E-state index in [1.165, 1.54) is 0 Å². The van der Waals surface area contributed by atoms with Gasteiger partial charge in [0.05, 0.1) is 6.42 Å². The van der Waals surface area contributed by atoms with Crippen molar-refractivity contribution in [2.45, 2.75) is 6.42 Å². The number of carboxylic acid groups (broad SMARTS) is 1. The first-order valence-electron chi connectivity index (χ1n) is 5.28. The Morgan fingerprint density at radius 1 is 1.00 bits per heavy atom. The summed E-state index contributed by atoms with van der Waals surface area (Å²) < 4.78 is 5.61. The lowest BCUT2D eigenvalue weighted by atomic mass is 10.1. The molecule has 0 aliphatic heterocycles. The number of para-hydroxylation sites is 1. The fourth-order valence-corrected chi connectivity index (χ4v) is 1.52. The molecular formula is C14H13ClO3. The van der Waals surface area contributed by atoms with Crippen molar-refractivity contribution in [2.75, 3.05) is 0 Å². The first-order valence-corrected chi connectivity index (χ1v) is 5.28. The number of hydrogen-bond donors (Lipinski definition) is 1. The molecule has 0 spiro atoms.